The highest BCUT2D eigenvalue weighted by molar-refractivity contribution is 6.10. The summed E-state index contributed by atoms with van der Waals surface area (Å²) in [5, 5.41) is 7.28. The predicted molar refractivity (Wildman–Crippen MR) is 257 cm³/mol. The molecule has 12 rings (SSSR count). The first-order valence-corrected chi connectivity index (χ1v) is 20.8. The van der Waals surface area contributed by atoms with Gasteiger partial charge in [-0.3, -0.25) is 0 Å². The van der Waals surface area contributed by atoms with Crippen molar-refractivity contribution in [1.29, 1.82) is 0 Å². The van der Waals surface area contributed by atoms with Crippen LogP contribution in [0.1, 0.15) is 0 Å². The molecule has 0 unspecified atom stereocenters. The Morgan fingerprint density at radius 1 is 0.311 bits per heavy atom. The van der Waals surface area contributed by atoms with Crippen molar-refractivity contribution in [2.75, 3.05) is 4.90 Å². The number of nitrogens with zero attached hydrogens (tertiary/aromatic N) is 2. The molecule has 10 aromatic carbocycles. The molecule has 0 N–H and O–H groups in total. The summed E-state index contributed by atoms with van der Waals surface area (Å²) in [6.45, 7) is 0. The van der Waals surface area contributed by atoms with E-state index in [1.807, 2.05) is 12.1 Å². The van der Waals surface area contributed by atoms with Crippen molar-refractivity contribution in [1.82, 2.24) is 4.57 Å². The fourth-order valence-corrected chi connectivity index (χ4v) is 9.21. The second-order valence-corrected chi connectivity index (χ2v) is 15.7. The van der Waals surface area contributed by atoms with Gasteiger partial charge in [0.1, 0.15) is 11.2 Å². The van der Waals surface area contributed by atoms with Gasteiger partial charge in [-0.05, 0) is 117 Å². The van der Waals surface area contributed by atoms with Gasteiger partial charge in [0.15, 0.2) is 0 Å². The molecule has 3 nitrogen and oxygen atoms in total. The number of furan rings is 1. The number of hydrogen-bond acceptors (Lipinski definition) is 2. The number of anilines is 3. The van der Waals surface area contributed by atoms with Gasteiger partial charge in [0, 0.05) is 44.2 Å². The van der Waals surface area contributed by atoms with Crippen molar-refractivity contribution in [3.8, 4) is 39.1 Å². The number of rotatable bonds is 7. The van der Waals surface area contributed by atoms with Gasteiger partial charge in [0.05, 0.1) is 16.7 Å². The molecule has 0 saturated heterocycles. The van der Waals surface area contributed by atoms with Gasteiger partial charge in [-0.1, -0.05) is 152 Å². The predicted octanol–water partition coefficient (Wildman–Crippen LogP) is 16.3. The van der Waals surface area contributed by atoms with E-state index in [-0.39, 0.29) is 0 Å². The molecule has 3 heteroatoms. The van der Waals surface area contributed by atoms with Crippen molar-refractivity contribution >= 4 is 71.6 Å². The number of benzene rings is 10. The molecule has 0 radical (unpaired) electrons. The lowest BCUT2D eigenvalue weighted by atomic mass is 10.00. The highest BCUT2D eigenvalue weighted by Gasteiger charge is 2.18. The topological polar surface area (TPSA) is 21.3 Å². The fraction of sp³-hybridized carbons (Fsp3) is 0. The minimum absolute atomic E-state index is 0.899. The highest BCUT2D eigenvalue weighted by Crippen LogP contribution is 2.41. The lowest BCUT2D eigenvalue weighted by Crippen LogP contribution is -2.09. The summed E-state index contributed by atoms with van der Waals surface area (Å²) in [6, 6.07) is 83.0. The van der Waals surface area contributed by atoms with Crippen LogP contribution >= 0.6 is 0 Å². The summed E-state index contributed by atoms with van der Waals surface area (Å²) >= 11 is 0. The molecular weight excluding hydrogens is 741 g/mol. The molecule has 286 valence electrons. The van der Waals surface area contributed by atoms with Gasteiger partial charge in [0.25, 0.3) is 0 Å². The summed E-state index contributed by atoms with van der Waals surface area (Å²) < 4.78 is 8.66. The molecule has 0 spiro atoms. The second-order valence-electron chi connectivity index (χ2n) is 15.7. The average molecular weight is 779 g/mol. The van der Waals surface area contributed by atoms with Gasteiger partial charge in [-0.15, -0.1) is 0 Å². The van der Waals surface area contributed by atoms with Crippen LogP contribution in [0, 0.1) is 0 Å². The third kappa shape index (κ3) is 5.98. The average Bonchev–Trinajstić information content (AvgIpc) is 3.88. The van der Waals surface area contributed by atoms with Crippen molar-refractivity contribution < 1.29 is 4.42 Å². The maximum Gasteiger partial charge on any atom is 0.136 e. The smallest absolute Gasteiger partial charge is 0.136 e. The molecule has 12 aromatic rings. The fourth-order valence-electron chi connectivity index (χ4n) is 9.21. The Morgan fingerprint density at radius 2 is 0.787 bits per heavy atom. The maximum absolute atomic E-state index is 6.25. The number of fused-ring (bicyclic) bond motifs is 7. The first-order chi connectivity index (χ1) is 30.2. The van der Waals surface area contributed by atoms with Gasteiger partial charge in [0.2, 0.25) is 0 Å². The highest BCUT2D eigenvalue weighted by atomic mass is 16.3. The molecule has 0 saturated carbocycles. The van der Waals surface area contributed by atoms with Crippen molar-refractivity contribution in [2.45, 2.75) is 0 Å². The van der Waals surface area contributed by atoms with E-state index in [1.54, 1.807) is 0 Å². The van der Waals surface area contributed by atoms with E-state index in [9.17, 15) is 0 Å². The van der Waals surface area contributed by atoms with E-state index in [0.29, 0.717) is 0 Å². The van der Waals surface area contributed by atoms with Crippen LogP contribution < -0.4 is 4.90 Å². The zero-order valence-corrected chi connectivity index (χ0v) is 33.2. The molecule has 0 amide bonds. The number of hydrogen-bond donors (Lipinski definition) is 0. The maximum atomic E-state index is 6.25. The second kappa shape index (κ2) is 14.3. The standard InChI is InChI=1S/C58H38N2O/c1-2-12-43-37-44(22-21-39(43)11-1)40-23-30-46(31-24-40)59(47-32-25-41(26-33-47)45-29-36-53-52-16-6-10-20-57(52)61-58(53)38-45)48-34-27-42(28-35-48)49-13-3-7-17-54(49)60-55-18-8-4-14-50(55)51-15-5-9-19-56(51)60/h1-38H. The van der Waals surface area contributed by atoms with Crippen LogP contribution in [0.15, 0.2) is 235 Å². The van der Waals surface area contributed by atoms with E-state index in [2.05, 4.69) is 228 Å². The van der Waals surface area contributed by atoms with Crippen LogP contribution in [0.25, 0.3) is 93.6 Å². The lowest BCUT2D eigenvalue weighted by Gasteiger charge is -2.26. The van der Waals surface area contributed by atoms with E-state index in [0.717, 1.165) is 61.4 Å². The molecule has 2 aromatic heterocycles. The largest absolute Gasteiger partial charge is 0.456 e. The first kappa shape index (κ1) is 34.9. The zero-order chi connectivity index (χ0) is 40.3. The van der Waals surface area contributed by atoms with Gasteiger partial charge in [-0.2, -0.15) is 0 Å². The van der Waals surface area contributed by atoms with E-state index in [1.165, 1.54) is 49.3 Å². The Morgan fingerprint density at radius 3 is 1.46 bits per heavy atom. The van der Waals surface area contributed by atoms with Gasteiger partial charge in [-0.25, -0.2) is 0 Å². The first-order valence-electron chi connectivity index (χ1n) is 20.8. The molecule has 0 atom stereocenters. The Hall–Kier alpha value is -8.14. The van der Waals surface area contributed by atoms with Crippen LogP contribution in [0.3, 0.4) is 0 Å². The quantitative estimate of drug-likeness (QED) is 0.161. The van der Waals surface area contributed by atoms with Crippen molar-refractivity contribution in [2.24, 2.45) is 0 Å². The van der Waals surface area contributed by atoms with Crippen LogP contribution in [-0.4, -0.2) is 4.57 Å². The summed E-state index contributed by atoms with van der Waals surface area (Å²) in [5.74, 6) is 0. The number of para-hydroxylation sites is 4. The molecule has 0 bridgehead atoms. The zero-order valence-electron chi connectivity index (χ0n) is 33.2. The Kier molecular flexibility index (Phi) is 8.17. The third-order valence-corrected chi connectivity index (χ3v) is 12.2. The minimum atomic E-state index is 0.899. The van der Waals surface area contributed by atoms with Gasteiger partial charge >= 0.3 is 0 Å². The van der Waals surface area contributed by atoms with Crippen molar-refractivity contribution in [3.05, 3.63) is 231 Å². The summed E-state index contributed by atoms with van der Waals surface area (Å²) in [4.78, 5) is 2.35. The van der Waals surface area contributed by atoms with Gasteiger partial charge < -0.3 is 13.9 Å². The summed E-state index contributed by atoms with van der Waals surface area (Å²) in [6.07, 6.45) is 0. The molecular formula is C58H38N2O. The van der Waals surface area contributed by atoms with Crippen LogP contribution in [0.2, 0.25) is 0 Å². The Labute approximate surface area is 353 Å². The lowest BCUT2D eigenvalue weighted by molar-refractivity contribution is 0.669. The molecule has 61 heavy (non-hydrogen) atoms. The van der Waals surface area contributed by atoms with Crippen LogP contribution in [-0.2, 0) is 0 Å². The number of aromatic nitrogens is 1. The minimum Gasteiger partial charge on any atom is -0.456 e. The monoisotopic (exact) mass is 778 g/mol. The van der Waals surface area contributed by atoms with Crippen LogP contribution in [0.4, 0.5) is 17.1 Å². The van der Waals surface area contributed by atoms with E-state index >= 15 is 0 Å². The van der Waals surface area contributed by atoms with Crippen molar-refractivity contribution in [3.63, 3.8) is 0 Å². The molecule has 0 aliphatic carbocycles. The molecule has 0 aliphatic rings. The SMILES string of the molecule is c1ccc(-n2c3ccccc3c3ccccc32)c(-c2ccc(N(c3ccc(-c4ccc5ccccc5c4)cc3)c3ccc(-c4ccc5c(c4)oc4ccccc45)cc3)cc2)c1. The molecule has 0 aliphatic heterocycles. The normalized spacial score (nSPS) is 11.6. The Bertz CT molecular complexity index is 3520. The van der Waals surface area contributed by atoms with E-state index in [4.69, 9.17) is 4.42 Å². The summed E-state index contributed by atoms with van der Waals surface area (Å²) in [7, 11) is 0. The van der Waals surface area contributed by atoms with E-state index < -0.39 is 0 Å². The third-order valence-electron chi connectivity index (χ3n) is 12.2. The molecule has 0 fully saturated rings. The Balaban J connectivity index is 0.937. The summed E-state index contributed by atoms with van der Waals surface area (Å²) in [5.41, 5.74) is 15.6. The molecule has 2 heterocycles. The van der Waals surface area contributed by atoms with Crippen LogP contribution in [0.5, 0.6) is 0 Å².